The van der Waals surface area contributed by atoms with Crippen LogP contribution in [0.4, 0.5) is 0 Å². The molecule has 0 aromatic heterocycles. The second-order valence-electron chi connectivity index (χ2n) is 8.34. The topological polar surface area (TPSA) is 34.1 Å². The van der Waals surface area contributed by atoms with Gasteiger partial charge in [-0.25, -0.2) is 0 Å². The van der Waals surface area contributed by atoms with Crippen molar-refractivity contribution in [3.63, 3.8) is 0 Å². The number of unbranched alkanes of at least 4 members (excludes halogenated alkanes) is 5. The maximum Gasteiger partial charge on any atom is 0.219 e. The fraction of sp³-hybridized carbons (Fsp3) is 0.696. The Morgan fingerprint density at radius 1 is 0.923 bits per heavy atom. The van der Waals surface area contributed by atoms with Crippen molar-refractivity contribution in [2.24, 2.45) is 5.92 Å². The predicted molar refractivity (Wildman–Crippen MR) is 113 cm³/mol. The quantitative estimate of drug-likeness (QED) is 0.301. The summed E-state index contributed by atoms with van der Waals surface area (Å²) in [6, 6.07) is 4.03. The van der Waals surface area contributed by atoms with E-state index in [-0.39, 0.29) is 5.52 Å². The molecule has 1 saturated carbocycles. The van der Waals surface area contributed by atoms with Crippen molar-refractivity contribution in [2.45, 2.75) is 91.4 Å². The van der Waals surface area contributed by atoms with Crippen LogP contribution >= 0.6 is 7.80 Å². The monoisotopic (exact) mass is 376 g/mol. The molecule has 2 rings (SSSR count). The largest absolute Gasteiger partial charge is 0.318 e. The van der Waals surface area contributed by atoms with Crippen LogP contribution in [0.2, 0.25) is 0 Å². The number of hydrogen-bond donors (Lipinski definition) is 0. The third-order valence-electron chi connectivity index (χ3n) is 5.90. The van der Waals surface area contributed by atoms with E-state index in [4.69, 9.17) is 0 Å². The molecule has 1 aromatic carbocycles. The van der Waals surface area contributed by atoms with Gasteiger partial charge >= 0.3 is 0 Å². The van der Waals surface area contributed by atoms with Crippen molar-refractivity contribution in [1.29, 1.82) is 0 Å². The van der Waals surface area contributed by atoms with E-state index in [1.807, 2.05) is 32.9 Å². The van der Waals surface area contributed by atoms with Crippen molar-refractivity contribution in [3.05, 3.63) is 34.4 Å². The highest BCUT2D eigenvalue weighted by molar-refractivity contribution is 7.64. The highest BCUT2D eigenvalue weighted by Gasteiger charge is 2.18. The van der Waals surface area contributed by atoms with Gasteiger partial charge in [-0.2, -0.15) is 0 Å². The normalized spacial score (nSPS) is 16.1. The fourth-order valence-corrected chi connectivity index (χ4v) is 5.99. The zero-order valence-electron chi connectivity index (χ0n) is 17.0. The summed E-state index contributed by atoms with van der Waals surface area (Å²) in [5.74, 6) is 1.01. The molecular weight excluding hydrogens is 339 g/mol. The molecule has 1 unspecified atom stereocenters. The van der Waals surface area contributed by atoms with E-state index in [0.29, 0.717) is 11.7 Å². The molecule has 0 radical (unpaired) electrons. The third kappa shape index (κ3) is 6.69. The van der Waals surface area contributed by atoms with Crippen molar-refractivity contribution < 1.29 is 9.36 Å². The van der Waals surface area contributed by atoms with Crippen LogP contribution in [0.25, 0.3) is 0 Å². The van der Waals surface area contributed by atoms with E-state index in [2.05, 4.69) is 0 Å². The van der Waals surface area contributed by atoms with E-state index < -0.39 is 7.80 Å². The second kappa shape index (κ2) is 11.1. The van der Waals surface area contributed by atoms with Crippen molar-refractivity contribution >= 4 is 13.3 Å². The molecule has 1 aromatic rings. The lowest BCUT2D eigenvalue weighted by atomic mass is 9.99. The Morgan fingerprint density at radius 2 is 1.46 bits per heavy atom. The van der Waals surface area contributed by atoms with Crippen LogP contribution < -0.4 is 0 Å². The van der Waals surface area contributed by atoms with Gasteiger partial charge in [0.1, 0.15) is 7.80 Å². The molecule has 0 bridgehead atoms. The van der Waals surface area contributed by atoms with Crippen LogP contribution in [-0.2, 0) is 4.57 Å². The molecule has 1 aliphatic carbocycles. The second-order valence-corrected chi connectivity index (χ2v) is 10.1. The van der Waals surface area contributed by atoms with Gasteiger partial charge in [-0.05, 0) is 44.2 Å². The molecule has 3 heteroatoms. The zero-order chi connectivity index (χ0) is 18.9. The van der Waals surface area contributed by atoms with Crippen LogP contribution in [0.1, 0.15) is 97.7 Å². The van der Waals surface area contributed by atoms with Gasteiger partial charge in [0.2, 0.25) is 5.52 Å². The van der Waals surface area contributed by atoms with E-state index in [1.54, 1.807) is 0 Å². The summed E-state index contributed by atoms with van der Waals surface area (Å²) >= 11 is 0. The molecule has 2 nitrogen and oxygen atoms in total. The minimum Gasteiger partial charge on any atom is -0.318 e. The Balaban J connectivity index is 1.60. The Hall–Kier alpha value is -0.880. The molecule has 0 spiro atoms. The number of aryl methyl sites for hydroxylation is 3. The third-order valence-corrected chi connectivity index (χ3v) is 7.46. The summed E-state index contributed by atoms with van der Waals surface area (Å²) in [5, 5.41) is 0. The summed E-state index contributed by atoms with van der Waals surface area (Å²) in [6.07, 6.45) is 15.1. The fourth-order valence-electron chi connectivity index (χ4n) is 4.52. The zero-order valence-corrected chi connectivity index (χ0v) is 18.0. The first-order valence-corrected chi connectivity index (χ1v) is 12.3. The number of benzene rings is 1. The Morgan fingerprint density at radius 3 is 2.08 bits per heavy atom. The SMILES string of the molecule is Cc1cc(C)c(C(=O)[PH](=O)CCCCCCCCC2CCCC2)c(C)c1. The lowest BCUT2D eigenvalue weighted by Crippen LogP contribution is -2.02. The van der Waals surface area contributed by atoms with E-state index >= 15 is 0 Å². The van der Waals surface area contributed by atoms with Crippen molar-refractivity contribution in [2.75, 3.05) is 6.16 Å². The Labute approximate surface area is 160 Å². The average Bonchev–Trinajstić information content (AvgIpc) is 3.09. The lowest BCUT2D eigenvalue weighted by molar-refractivity contribution is 0.107. The Bertz CT molecular complexity index is 592. The van der Waals surface area contributed by atoms with Crippen LogP contribution in [0.3, 0.4) is 0 Å². The molecule has 0 amide bonds. The van der Waals surface area contributed by atoms with Crippen LogP contribution in [0.15, 0.2) is 12.1 Å². The smallest absolute Gasteiger partial charge is 0.219 e. The van der Waals surface area contributed by atoms with Crippen LogP contribution in [0.5, 0.6) is 0 Å². The molecule has 0 N–H and O–H groups in total. The highest BCUT2D eigenvalue weighted by atomic mass is 31.1. The molecule has 146 valence electrons. The predicted octanol–water partition coefficient (Wildman–Crippen LogP) is 7.23. The number of hydrogen-bond acceptors (Lipinski definition) is 2. The minimum atomic E-state index is -2.17. The minimum absolute atomic E-state index is 0.110. The summed E-state index contributed by atoms with van der Waals surface area (Å²) in [4.78, 5) is 12.6. The average molecular weight is 377 g/mol. The summed E-state index contributed by atoms with van der Waals surface area (Å²) in [5.41, 5.74) is 3.68. The molecule has 26 heavy (non-hydrogen) atoms. The maximum absolute atomic E-state index is 12.6. The number of carbonyl (C=O) groups excluding carboxylic acids is 1. The first kappa shape index (κ1) is 21.4. The molecule has 0 aliphatic heterocycles. The summed E-state index contributed by atoms with van der Waals surface area (Å²) < 4.78 is 12.5. The van der Waals surface area contributed by atoms with Gasteiger partial charge in [0.25, 0.3) is 0 Å². The molecule has 0 saturated heterocycles. The van der Waals surface area contributed by atoms with Gasteiger partial charge in [-0.3, -0.25) is 4.79 Å². The van der Waals surface area contributed by atoms with Crippen LogP contribution in [-0.4, -0.2) is 11.7 Å². The summed E-state index contributed by atoms with van der Waals surface area (Å²) in [6.45, 7) is 5.94. The lowest BCUT2D eigenvalue weighted by Gasteiger charge is -2.10. The van der Waals surface area contributed by atoms with Crippen LogP contribution in [0, 0.1) is 26.7 Å². The maximum atomic E-state index is 12.6. The van der Waals surface area contributed by atoms with Gasteiger partial charge in [0.15, 0.2) is 0 Å². The standard InChI is InChI=1S/C23H37O2P/c1-18-16-19(2)22(20(3)17-18)23(24)26(25)15-11-7-5-4-6-8-12-21-13-9-10-14-21/h16-17,21,26H,4-15H2,1-3H3. The van der Waals surface area contributed by atoms with Gasteiger partial charge < -0.3 is 4.57 Å². The molecule has 1 fully saturated rings. The number of carbonyl (C=O) groups is 1. The Kier molecular flexibility index (Phi) is 9.12. The highest BCUT2D eigenvalue weighted by Crippen LogP contribution is 2.32. The van der Waals surface area contributed by atoms with E-state index in [9.17, 15) is 9.36 Å². The first-order valence-electron chi connectivity index (χ1n) is 10.6. The number of rotatable bonds is 11. The molecule has 1 aliphatic rings. The van der Waals surface area contributed by atoms with Gasteiger partial charge in [0.05, 0.1) is 0 Å². The molecule has 1 atom stereocenters. The van der Waals surface area contributed by atoms with Gasteiger partial charge in [0, 0.05) is 11.7 Å². The first-order chi connectivity index (χ1) is 12.5. The molecule has 0 heterocycles. The van der Waals surface area contributed by atoms with Crippen molar-refractivity contribution in [3.8, 4) is 0 Å². The van der Waals surface area contributed by atoms with Crippen molar-refractivity contribution in [1.82, 2.24) is 0 Å². The molecular formula is C23H37O2P. The van der Waals surface area contributed by atoms with Gasteiger partial charge in [-0.1, -0.05) is 81.9 Å². The van der Waals surface area contributed by atoms with E-state index in [0.717, 1.165) is 35.4 Å². The van der Waals surface area contributed by atoms with Gasteiger partial charge in [-0.15, -0.1) is 0 Å². The van der Waals surface area contributed by atoms with E-state index in [1.165, 1.54) is 57.8 Å². The summed E-state index contributed by atoms with van der Waals surface area (Å²) in [7, 11) is -2.17.